The SMILES string of the molecule is CCCO[Si](CCCS[Si](CC)(CC)SCCC[Si](OCCC)(OCCC)OCCC)(OCCC)OCCC. The summed E-state index contributed by atoms with van der Waals surface area (Å²) in [5.41, 5.74) is 0. The molecule has 0 aromatic rings. The molecule has 0 aliphatic carbocycles. The maximum Gasteiger partial charge on any atom is 0.500 e. The Morgan fingerprint density at radius 3 is 0.872 bits per heavy atom. The molecule has 0 aromatic heterocycles. The molecule has 0 atom stereocenters. The van der Waals surface area contributed by atoms with Crippen LogP contribution < -0.4 is 0 Å². The second-order valence-corrected chi connectivity index (χ2v) is 27.3. The molecule has 0 aliphatic heterocycles. The third-order valence-electron chi connectivity index (χ3n) is 6.22. The first-order chi connectivity index (χ1) is 18.9. The summed E-state index contributed by atoms with van der Waals surface area (Å²) in [7, 11) is -5.21. The van der Waals surface area contributed by atoms with Crippen molar-refractivity contribution in [3.63, 3.8) is 0 Å². The topological polar surface area (TPSA) is 55.4 Å². The van der Waals surface area contributed by atoms with Crippen LogP contribution in [0.4, 0.5) is 0 Å². The Bertz CT molecular complexity index is 462. The highest BCUT2D eigenvalue weighted by Gasteiger charge is 2.42. The van der Waals surface area contributed by atoms with Crippen LogP contribution >= 0.6 is 22.4 Å². The summed E-state index contributed by atoms with van der Waals surface area (Å²) < 4.78 is 37.9. The van der Waals surface area contributed by atoms with Gasteiger partial charge in [-0.05, 0) is 75.0 Å². The molecule has 11 heteroatoms. The number of hydrogen-bond donors (Lipinski definition) is 0. The maximum absolute atomic E-state index is 6.32. The molecular weight excluding hydrogens is 581 g/mol. The first kappa shape index (κ1) is 40.1. The van der Waals surface area contributed by atoms with Gasteiger partial charge in [-0.3, -0.25) is 0 Å². The average Bonchev–Trinajstić information content (AvgIpc) is 2.97. The quantitative estimate of drug-likeness (QED) is 0.0567. The predicted octanol–water partition coefficient (Wildman–Crippen LogP) is 9.15. The molecule has 0 fully saturated rings. The third kappa shape index (κ3) is 17.7. The summed E-state index contributed by atoms with van der Waals surface area (Å²) in [6.07, 6.45) is 6.69. The Hall–Kier alpha value is 1.11. The first-order valence-electron chi connectivity index (χ1n) is 16.0. The van der Waals surface area contributed by atoms with E-state index < -0.39 is 24.0 Å². The second kappa shape index (κ2) is 25.6. The predicted molar refractivity (Wildman–Crippen MR) is 179 cm³/mol. The van der Waals surface area contributed by atoms with Gasteiger partial charge in [-0.1, -0.05) is 55.4 Å². The summed E-state index contributed by atoms with van der Waals surface area (Å²) in [5.74, 6) is 2.32. The van der Waals surface area contributed by atoms with Crippen LogP contribution in [0.25, 0.3) is 0 Å². The van der Waals surface area contributed by atoms with Crippen molar-refractivity contribution in [1.82, 2.24) is 0 Å². The number of rotatable bonds is 30. The molecule has 39 heavy (non-hydrogen) atoms. The van der Waals surface area contributed by atoms with Crippen molar-refractivity contribution in [2.75, 3.05) is 51.1 Å². The third-order valence-corrected chi connectivity index (χ3v) is 26.2. The molecule has 0 aromatic carbocycles. The van der Waals surface area contributed by atoms with Crippen LogP contribution in [0.2, 0.25) is 24.2 Å². The molecule has 0 heterocycles. The van der Waals surface area contributed by atoms with Gasteiger partial charge in [0.25, 0.3) is 0 Å². The van der Waals surface area contributed by atoms with Gasteiger partial charge in [-0.15, -0.1) is 0 Å². The van der Waals surface area contributed by atoms with Crippen molar-refractivity contribution in [3.8, 4) is 0 Å². The van der Waals surface area contributed by atoms with Crippen LogP contribution in [0.15, 0.2) is 0 Å². The lowest BCUT2D eigenvalue weighted by Gasteiger charge is -2.32. The largest absolute Gasteiger partial charge is 0.500 e. The average molecular weight is 645 g/mol. The molecule has 0 aliphatic rings. The monoisotopic (exact) mass is 644 g/mol. The molecule has 0 unspecified atom stereocenters. The number of hydrogen-bond acceptors (Lipinski definition) is 8. The van der Waals surface area contributed by atoms with Gasteiger partial charge in [0.05, 0.1) is 0 Å². The van der Waals surface area contributed by atoms with E-state index in [1.165, 1.54) is 12.1 Å². The summed E-state index contributed by atoms with van der Waals surface area (Å²) in [6, 6.07) is 4.43. The zero-order chi connectivity index (χ0) is 29.3. The molecule has 6 nitrogen and oxygen atoms in total. The summed E-state index contributed by atoms with van der Waals surface area (Å²) in [6.45, 7) is 22.1. The van der Waals surface area contributed by atoms with Crippen LogP contribution in [0.1, 0.15) is 107 Å². The van der Waals surface area contributed by atoms with Gasteiger partial charge in [-0.25, -0.2) is 0 Å². The normalized spacial score (nSPS) is 12.9. The summed E-state index contributed by atoms with van der Waals surface area (Å²) >= 11 is 4.51. The van der Waals surface area contributed by atoms with Crippen LogP contribution in [-0.4, -0.2) is 75.1 Å². The minimum absolute atomic E-state index is 0.724. The van der Waals surface area contributed by atoms with E-state index in [-0.39, 0.29) is 0 Å². The molecule has 0 bridgehead atoms. The second-order valence-electron chi connectivity index (χ2n) is 9.98. The highest BCUT2D eigenvalue weighted by molar-refractivity contribution is 8.58. The van der Waals surface area contributed by atoms with Crippen molar-refractivity contribution >= 4 is 46.4 Å². The lowest BCUT2D eigenvalue weighted by atomic mass is 10.5. The molecule has 0 N–H and O–H groups in total. The Balaban J connectivity index is 5.07. The van der Waals surface area contributed by atoms with E-state index in [0.717, 1.165) is 115 Å². The van der Waals surface area contributed by atoms with E-state index in [9.17, 15) is 0 Å². The van der Waals surface area contributed by atoms with Crippen molar-refractivity contribution in [3.05, 3.63) is 0 Å². The molecule has 0 saturated carbocycles. The summed E-state index contributed by atoms with van der Waals surface area (Å²) in [5, 5.41) is 0. The van der Waals surface area contributed by atoms with Crippen LogP contribution in [0, 0.1) is 0 Å². The van der Waals surface area contributed by atoms with Crippen molar-refractivity contribution in [2.45, 2.75) is 131 Å². The summed E-state index contributed by atoms with van der Waals surface area (Å²) in [4.78, 5) is 0. The minimum atomic E-state index is -2.60. The Kier molecular flexibility index (Phi) is 26.3. The first-order valence-corrected chi connectivity index (χ1v) is 25.7. The van der Waals surface area contributed by atoms with Gasteiger partial charge >= 0.3 is 17.6 Å². The Labute approximate surface area is 254 Å². The van der Waals surface area contributed by atoms with Gasteiger partial charge in [0.15, 0.2) is 6.37 Å². The molecular formula is C28H64O6S2Si3. The molecule has 0 spiro atoms. The van der Waals surface area contributed by atoms with Crippen LogP contribution in [0.3, 0.4) is 0 Å². The Morgan fingerprint density at radius 2 is 0.667 bits per heavy atom. The zero-order valence-electron chi connectivity index (χ0n) is 26.9. The Morgan fingerprint density at radius 1 is 0.410 bits per heavy atom. The van der Waals surface area contributed by atoms with E-state index in [1.807, 2.05) is 0 Å². The van der Waals surface area contributed by atoms with E-state index in [0.29, 0.717) is 0 Å². The van der Waals surface area contributed by atoms with Gasteiger partial charge in [0, 0.05) is 51.7 Å². The lowest BCUT2D eigenvalue weighted by Crippen LogP contribution is -2.46. The van der Waals surface area contributed by atoms with Gasteiger partial charge in [0.1, 0.15) is 0 Å². The fourth-order valence-corrected chi connectivity index (χ4v) is 21.0. The highest BCUT2D eigenvalue weighted by atomic mass is 32.6. The fourth-order valence-electron chi connectivity index (χ4n) is 4.02. The lowest BCUT2D eigenvalue weighted by molar-refractivity contribution is 0.0585. The zero-order valence-corrected chi connectivity index (χ0v) is 31.5. The van der Waals surface area contributed by atoms with E-state index in [1.54, 1.807) is 0 Å². The van der Waals surface area contributed by atoms with Crippen molar-refractivity contribution < 1.29 is 26.6 Å². The van der Waals surface area contributed by atoms with E-state index in [2.05, 4.69) is 77.8 Å². The van der Waals surface area contributed by atoms with E-state index in [4.69, 9.17) is 26.6 Å². The maximum atomic E-state index is 6.32. The van der Waals surface area contributed by atoms with Gasteiger partial charge in [0.2, 0.25) is 0 Å². The van der Waals surface area contributed by atoms with Crippen molar-refractivity contribution in [1.29, 1.82) is 0 Å². The molecule has 0 rings (SSSR count). The fraction of sp³-hybridized carbons (Fsp3) is 1.00. The standard InChI is InChI=1S/C28H64O6S2Si3/c1-9-19-29-38(30-20-10-2,31-21-11-3)27-17-25-35-37(15-7,16-8)36-26-18-28-39(32-22-12-4,33-23-13-5)34-24-14-6/h9-28H2,1-8H3. The van der Waals surface area contributed by atoms with Crippen molar-refractivity contribution in [2.24, 2.45) is 0 Å². The molecule has 0 amide bonds. The molecule has 0 radical (unpaired) electrons. The van der Waals surface area contributed by atoms with Crippen LogP contribution in [-0.2, 0) is 26.6 Å². The van der Waals surface area contributed by atoms with Crippen LogP contribution in [0.5, 0.6) is 0 Å². The molecule has 0 saturated heterocycles. The van der Waals surface area contributed by atoms with Gasteiger partial charge < -0.3 is 26.6 Å². The van der Waals surface area contributed by atoms with Gasteiger partial charge in [-0.2, -0.15) is 22.4 Å². The highest BCUT2D eigenvalue weighted by Crippen LogP contribution is 2.41. The minimum Gasteiger partial charge on any atom is -0.373 e. The molecule has 236 valence electrons. The smallest absolute Gasteiger partial charge is 0.373 e. The van der Waals surface area contributed by atoms with E-state index >= 15 is 0 Å².